The van der Waals surface area contributed by atoms with Crippen molar-refractivity contribution in [3.63, 3.8) is 0 Å². The zero-order valence-corrected chi connectivity index (χ0v) is 20.2. The molecule has 1 aromatic heterocycles. The molecule has 1 N–H and O–H groups in total. The van der Waals surface area contributed by atoms with E-state index in [1.165, 1.54) is 17.3 Å². The number of carbonyl (C=O) groups is 1. The van der Waals surface area contributed by atoms with Gasteiger partial charge in [0.15, 0.2) is 0 Å². The summed E-state index contributed by atoms with van der Waals surface area (Å²) >= 11 is 0. The van der Waals surface area contributed by atoms with Gasteiger partial charge >= 0.3 is 6.18 Å². The first-order valence-electron chi connectivity index (χ1n) is 12.4. The largest absolute Gasteiger partial charge is 0.417 e. The van der Waals surface area contributed by atoms with E-state index in [2.05, 4.69) is 51.3 Å². The van der Waals surface area contributed by atoms with Crippen molar-refractivity contribution in [2.24, 2.45) is 0 Å². The van der Waals surface area contributed by atoms with Crippen LogP contribution < -0.4 is 15.1 Å². The molecule has 2 aromatic rings. The monoisotopic (exact) mass is 489 g/mol. The maximum Gasteiger partial charge on any atom is 0.417 e. The highest BCUT2D eigenvalue weighted by Gasteiger charge is 2.31. The number of hydrogen-bond acceptors (Lipinski definition) is 5. The topological polar surface area (TPSA) is 51.7 Å². The Morgan fingerprint density at radius 1 is 1.03 bits per heavy atom. The van der Waals surface area contributed by atoms with Gasteiger partial charge in [-0.25, -0.2) is 4.98 Å². The molecule has 0 bridgehead atoms. The average molecular weight is 490 g/mol. The summed E-state index contributed by atoms with van der Waals surface area (Å²) in [5.41, 5.74) is 1.82. The van der Waals surface area contributed by atoms with Gasteiger partial charge in [0.2, 0.25) is 5.91 Å². The third-order valence-electron chi connectivity index (χ3n) is 6.88. The van der Waals surface area contributed by atoms with Crippen molar-refractivity contribution in [1.82, 2.24) is 15.2 Å². The van der Waals surface area contributed by atoms with Gasteiger partial charge in [-0.2, -0.15) is 13.2 Å². The molecule has 0 atom stereocenters. The fraction of sp³-hybridized carbons (Fsp3) is 0.538. The summed E-state index contributed by atoms with van der Waals surface area (Å²) in [7, 11) is 0. The quantitative estimate of drug-likeness (QED) is 0.635. The van der Waals surface area contributed by atoms with E-state index >= 15 is 0 Å². The fourth-order valence-electron chi connectivity index (χ4n) is 4.81. The van der Waals surface area contributed by atoms with Crippen molar-refractivity contribution in [2.75, 3.05) is 55.6 Å². The van der Waals surface area contributed by atoms with Gasteiger partial charge in [0.1, 0.15) is 5.82 Å². The van der Waals surface area contributed by atoms with Crippen LogP contribution >= 0.6 is 0 Å². The van der Waals surface area contributed by atoms with Gasteiger partial charge in [0.05, 0.1) is 5.56 Å². The number of pyridine rings is 1. The maximum absolute atomic E-state index is 12.7. The van der Waals surface area contributed by atoms with Gasteiger partial charge in [-0.05, 0) is 62.6 Å². The van der Waals surface area contributed by atoms with Gasteiger partial charge in [-0.1, -0.05) is 12.1 Å². The lowest BCUT2D eigenvalue weighted by molar-refractivity contribution is -0.137. The molecule has 0 aliphatic carbocycles. The van der Waals surface area contributed by atoms with E-state index < -0.39 is 11.7 Å². The van der Waals surface area contributed by atoms with Crippen molar-refractivity contribution in [3.05, 3.63) is 53.7 Å². The smallest absolute Gasteiger partial charge is 0.369 e. The molecule has 1 amide bonds. The Labute approximate surface area is 205 Å². The van der Waals surface area contributed by atoms with Crippen LogP contribution in [-0.2, 0) is 11.0 Å². The second-order valence-corrected chi connectivity index (χ2v) is 9.50. The molecule has 2 aliphatic rings. The highest BCUT2D eigenvalue weighted by Crippen LogP contribution is 2.29. The Balaban J connectivity index is 1.11. The van der Waals surface area contributed by atoms with Crippen LogP contribution in [0, 0.1) is 6.92 Å². The molecule has 3 heterocycles. The molecule has 2 saturated heterocycles. The first-order valence-corrected chi connectivity index (χ1v) is 12.4. The van der Waals surface area contributed by atoms with E-state index in [0.29, 0.717) is 25.3 Å². The molecule has 190 valence electrons. The number of nitrogens with one attached hydrogen (secondary N) is 1. The Bertz CT molecular complexity index is 966. The number of piperazine rings is 1. The standard InChI is InChI=1S/C26H34F3N5O/c1-20-4-2-5-23(18-20)33-16-14-32(15-17-33)11-3-6-25(35)31-22-9-12-34(13-10-22)24-8-7-21(19-30-24)26(27,28)29/h2,4-5,7-8,18-19,22H,3,6,9-17H2,1H3,(H,31,35). The minimum Gasteiger partial charge on any atom is -0.369 e. The van der Waals surface area contributed by atoms with Crippen molar-refractivity contribution in [3.8, 4) is 0 Å². The minimum absolute atomic E-state index is 0.0782. The number of benzene rings is 1. The Morgan fingerprint density at radius 2 is 1.77 bits per heavy atom. The lowest BCUT2D eigenvalue weighted by Gasteiger charge is -2.36. The third-order valence-corrected chi connectivity index (χ3v) is 6.88. The number of amides is 1. The van der Waals surface area contributed by atoms with Crippen LogP contribution in [0.15, 0.2) is 42.6 Å². The number of carbonyl (C=O) groups excluding carboxylic acids is 1. The van der Waals surface area contributed by atoms with Crippen molar-refractivity contribution < 1.29 is 18.0 Å². The molecule has 6 nitrogen and oxygen atoms in total. The molecule has 4 rings (SSSR count). The minimum atomic E-state index is -4.38. The Morgan fingerprint density at radius 3 is 2.40 bits per heavy atom. The van der Waals surface area contributed by atoms with E-state index in [9.17, 15) is 18.0 Å². The lowest BCUT2D eigenvalue weighted by Crippen LogP contribution is -2.47. The first kappa shape index (κ1) is 25.3. The number of rotatable bonds is 7. The molecule has 1 aromatic carbocycles. The van der Waals surface area contributed by atoms with Gasteiger partial charge in [0.25, 0.3) is 0 Å². The highest BCUT2D eigenvalue weighted by molar-refractivity contribution is 5.76. The summed E-state index contributed by atoms with van der Waals surface area (Å²) in [5.74, 6) is 0.625. The molecule has 35 heavy (non-hydrogen) atoms. The molecule has 0 radical (unpaired) electrons. The summed E-state index contributed by atoms with van der Waals surface area (Å²) in [6.07, 6.45) is -0.627. The number of aromatic nitrogens is 1. The lowest BCUT2D eigenvalue weighted by atomic mass is 10.0. The Hall–Kier alpha value is -2.81. The number of anilines is 2. The molecular weight excluding hydrogens is 455 g/mol. The number of aryl methyl sites for hydroxylation is 1. The number of piperidine rings is 1. The summed E-state index contributed by atoms with van der Waals surface area (Å²) in [6.45, 7) is 8.38. The van der Waals surface area contributed by atoms with E-state index in [0.717, 1.165) is 64.2 Å². The summed E-state index contributed by atoms with van der Waals surface area (Å²) < 4.78 is 38.2. The van der Waals surface area contributed by atoms with E-state index in [1.807, 2.05) is 4.90 Å². The SMILES string of the molecule is Cc1cccc(N2CCN(CCCC(=O)NC3CCN(c4ccc(C(F)(F)F)cn4)CC3)CC2)c1. The van der Waals surface area contributed by atoms with Gasteiger partial charge in [-0.15, -0.1) is 0 Å². The zero-order chi connectivity index (χ0) is 24.8. The normalized spacial score (nSPS) is 18.1. The van der Waals surface area contributed by atoms with Crippen LogP contribution in [0.4, 0.5) is 24.7 Å². The highest BCUT2D eigenvalue weighted by atomic mass is 19.4. The predicted molar refractivity (Wildman–Crippen MR) is 132 cm³/mol. The third kappa shape index (κ3) is 7.10. The van der Waals surface area contributed by atoms with Crippen LogP contribution in [0.5, 0.6) is 0 Å². The maximum atomic E-state index is 12.7. The number of halogens is 3. The summed E-state index contributed by atoms with van der Waals surface area (Å²) in [4.78, 5) is 23.2. The molecule has 2 fully saturated rings. The summed E-state index contributed by atoms with van der Waals surface area (Å²) in [6, 6.07) is 11.2. The predicted octanol–water partition coefficient (Wildman–Crippen LogP) is 4.10. The molecule has 0 unspecified atom stereocenters. The van der Waals surface area contributed by atoms with Gasteiger partial charge < -0.3 is 15.1 Å². The van der Waals surface area contributed by atoms with Crippen molar-refractivity contribution in [1.29, 1.82) is 0 Å². The number of alkyl halides is 3. The Kier molecular flexibility index (Phi) is 8.15. The van der Waals surface area contributed by atoms with Crippen LogP contribution in [0.2, 0.25) is 0 Å². The van der Waals surface area contributed by atoms with E-state index in [1.54, 1.807) is 0 Å². The van der Waals surface area contributed by atoms with Crippen LogP contribution in [0.25, 0.3) is 0 Å². The molecule has 0 spiro atoms. The fourth-order valence-corrected chi connectivity index (χ4v) is 4.81. The molecule has 2 aliphatic heterocycles. The average Bonchev–Trinajstić information content (AvgIpc) is 2.84. The number of nitrogens with zero attached hydrogens (tertiary/aromatic N) is 4. The van der Waals surface area contributed by atoms with Gasteiger partial charge in [-0.3, -0.25) is 9.69 Å². The van der Waals surface area contributed by atoms with Gasteiger partial charge in [0, 0.05) is 63.6 Å². The second kappa shape index (κ2) is 11.3. The molecule has 9 heteroatoms. The van der Waals surface area contributed by atoms with Crippen LogP contribution in [-0.4, -0.2) is 67.6 Å². The van der Waals surface area contributed by atoms with E-state index in [-0.39, 0.29) is 11.9 Å². The first-order chi connectivity index (χ1) is 16.8. The molecule has 0 saturated carbocycles. The van der Waals surface area contributed by atoms with Crippen molar-refractivity contribution in [2.45, 2.75) is 44.8 Å². The second-order valence-electron chi connectivity index (χ2n) is 9.50. The zero-order valence-electron chi connectivity index (χ0n) is 20.2. The van der Waals surface area contributed by atoms with Crippen molar-refractivity contribution >= 4 is 17.4 Å². The molecular formula is C26H34F3N5O. The van der Waals surface area contributed by atoms with Crippen LogP contribution in [0.1, 0.15) is 36.8 Å². The van der Waals surface area contributed by atoms with Crippen LogP contribution in [0.3, 0.4) is 0 Å². The summed E-state index contributed by atoms with van der Waals surface area (Å²) in [5, 5.41) is 3.13. The number of hydrogen-bond donors (Lipinski definition) is 1. The van der Waals surface area contributed by atoms with E-state index in [4.69, 9.17) is 0 Å².